The zero-order valence-electron chi connectivity index (χ0n) is 11.7. The maximum absolute atomic E-state index is 13.9. The second-order valence-electron chi connectivity index (χ2n) is 4.47. The van der Waals surface area contributed by atoms with Gasteiger partial charge in [0.25, 0.3) is 5.91 Å². The molecule has 1 aromatic carbocycles. The molecule has 2 rings (SSSR count). The van der Waals surface area contributed by atoms with E-state index in [0.717, 1.165) is 6.07 Å². The normalized spacial score (nSPS) is 10.3. The zero-order valence-corrected chi connectivity index (χ0v) is 11.7. The van der Waals surface area contributed by atoms with Crippen LogP contribution in [0.2, 0.25) is 0 Å². The van der Waals surface area contributed by atoms with E-state index >= 15 is 0 Å². The van der Waals surface area contributed by atoms with Crippen LogP contribution >= 0.6 is 0 Å². The van der Waals surface area contributed by atoms with Crippen LogP contribution in [0.4, 0.5) is 20.2 Å². The molecule has 4 nitrogen and oxygen atoms in total. The predicted molar refractivity (Wildman–Crippen MR) is 77.4 cm³/mol. The van der Waals surface area contributed by atoms with Gasteiger partial charge in [-0.15, -0.1) is 0 Å². The Morgan fingerprint density at radius 3 is 2.76 bits per heavy atom. The van der Waals surface area contributed by atoms with Gasteiger partial charge in [0.05, 0.1) is 0 Å². The Labute approximate surface area is 121 Å². The van der Waals surface area contributed by atoms with Crippen LogP contribution in [0.3, 0.4) is 0 Å². The molecule has 6 heteroatoms. The fourth-order valence-electron chi connectivity index (χ4n) is 1.82. The van der Waals surface area contributed by atoms with Crippen molar-refractivity contribution in [3.63, 3.8) is 0 Å². The van der Waals surface area contributed by atoms with Crippen LogP contribution in [0.15, 0.2) is 30.5 Å². The molecule has 0 aliphatic heterocycles. The van der Waals surface area contributed by atoms with E-state index < -0.39 is 23.2 Å². The van der Waals surface area contributed by atoms with Gasteiger partial charge in [-0.1, -0.05) is 6.07 Å². The number of carbonyl (C=O) groups excluding carboxylic acids is 1. The van der Waals surface area contributed by atoms with Crippen LogP contribution in [0.25, 0.3) is 0 Å². The number of carbonyl (C=O) groups is 1. The number of halogens is 2. The first kappa shape index (κ1) is 14.9. The number of benzene rings is 1. The number of aromatic nitrogens is 1. The van der Waals surface area contributed by atoms with E-state index in [1.54, 1.807) is 6.07 Å². The fraction of sp³-hybridized carbons (Fsp3) is 0.200. The molecule has 2 aromatic rings. The number of hydrogen-bond acceptors (Lipinski definition) is 3. The maximum Gasteiger partial charge on any atom is 0.274 e. The van der Waals surface area contributed by atoms with E-state index in [9.17, 15) is 13.6 Å². The van der Waals surface area contributed by atoms with E-state index in [0.29, 0.717) is 12.2 Å². The molecule has 110 valence electrons. The van der Waals surface area contributed by atoms with Gasteiger partial charge in [-0.3, -0.25) is 9.78 Å². The second-order valence-corrected chi connectivity index (χ2v) is 4.47. The van der Waals surface area contributed by atoms with Crippen molar-refractivity contribution < 1.29 is 13.6 Å². The molecule has 1 amide bonds. The first-order valence-corrected chi connectivity index (χ1v) is 6.48. The van der Waals surface area contributed by atoms with Gasteiger partial charge in [-0.05, 0) is 37.6 Å². The molecule has 0 radical (unpaired) electrons. The van der Waals surface area contributed by atoms with Gasteiger partial charge in [0, 0.05) is 18.4 Å². The largest absolute Gasteiger partial charge is 0.385 e. The van der Waals surface area contributed by atoms with Crippen molar-refractivity contribution in [3.05, 3.63) is 53.4 Å². The maximum atomic E-state index is 13.9. The van der Waals surface area contributed by atoms with Crippen LogP contribution in [0.1, 0.15) is 23.0 Å². The molecule has 0 atom stereocenters. The Kier molecular flexibility index (Phi) is 4.47. The average Bonchev–Trinajstić information content (AvgIpc) is 2.48. The number of pyridine rings is 1. The van der Waals surface area contributed by atoms with E-state index in [1.807, 2.05) is 6.92 Å². The minimum atomic E-state index is -0.825. The monoisotopic (exact) mass is 291 g/mol. The van der Waals surface area contributed by atoms with Crippen molar-refractivity contribution in [2.75, 3.05) is 17.2 Å². The molecular weight excluding hydrogens is 276 g/mol. The van der Waals surface area contributed by atoms with E-state index in [-0.39, 0.29) is 11.3 Å². The molecule has 0 bridgehead atoms. The van der Waals surface area contributed by atoms with E-state index in [4.69, 9.17) is 0 Å². The van der Waals surface area contributed by atoms with Gasteiger partial charge in [0.2, 0.25) is 0 Å². The second kappa shape index (κ2) is 6.30. The molecule has 0 aliphatic rings. The Morgan fingerprint density at radius 2 is 2.05 bits per heavy atom. The third-order valence-corrected chi connectivity index (χ3v) is 2.90. The summed E-state index contributed by atoms with van der Waals surface area (Å²) in [4.78, 5) is 16.0. The Balaban J connectivity index is 2.26. The third-order valence-electron chi connectivity index (χ3n) is 2.90. The van der Waals surface area contributed by atoms with Crippen molar-refractivity contribution in [1.82, 2.24) is 4.98 Å². The Bertz CT molecular complexity index is 674. The topological polar surface area (TPSA) is 54.0 Å². The summed E-state index contributed by atoms with van der Waals surface area (Å²) in [5.74, 6) is -2.28. The van der Waals surface area contributed by atoms with Crippen molar-refractivity contribution in [1.29, 1.82) is 0 Å². The number of aryl methyl sites for hydroxylation is 1. The first-order chi connectivity index (χ1) is 10.0. The van der Waals surface area contributed by atoms with Crippen LogP contribution in [-0.4, -0.2) is 17.4 Å². The number of anilines is 2. The van der Waals surface area contributed by atoms with Crippen LogP contribution in [0.5, 0.6) is 0 Å². The number of rotatable bonds is 4. The first-order valence-electron chi connectivity index (χ1n) is 6.48. The lowest BCUT2D eigenvalue weighted by Crippen LogP contribution is -2.16. The highest BCUT2D eigenvalue weighted by Gasteiger charge is 2.16. The molecule has 1 heterocycles. The standard InChI is InChI=1S/C15H15F2N3O/c1-3-18-10-6-7-19-12(8-10)15(21)20-14-11(16)5-4-9(2)13(14)17/h4-8H,3H2,1-2H3,(H,18,19)(H,20,21). The summed E-state index contributed by atoms with van der Waals surface area (Å²) in [6, 6.07) is 5.64. The number of amides is 1. The molecule has 0 aliphatic carbocycles. The van der Waals surface area contributed by atoms with Crippen molar-refractivity contribution >= 4 is 17.3 Å². The summed E-state index contributed by atoms with van der Waals surface area (Å²) in [6.45, 7) is 4.10. The molecule has 21 heavy (non-hydrogen) atoms. The lowest BCUT2D eigenvalue weighted by molar-refractivity contribution is 0.102. The van der Waals surface area contributed by atoms with Crippen LogP contribution in [-0.2, 0) is 0 Å². The highest BCUT2D eigenvalue weighted by atomic mass is 19.1. The molecule has 0 spiro atoms. The van der Waals surface area contributed by atoms with Crippen molar-refractivity contribution in [3.8, 4) is 0 Å². The third kappa shape index (κ3) is 3.34. The van der Waals surface area contributed by atoms with Gasteiger partial charge in [-0.2, -0.15) is 0 Å². The molecule has 0 fully saturated rings. The van der Waals surface area contributed by atoms with Crippen LogP contribution < -0.4 is 10.6 Å². The SMILES string of the molecule is CCNc1ccnc(C(=O)Nc2c(F)ccc(C)c2F)c1. The van der Waals surface area contributed by atoms with Gasteiger partial charge >= 0.3 is 0 Å². The summed E-state index contributed by atoms with van der Waals surface area (Å²) in [5.41, 5.74) is 0.577. The smallest absolute Gasteiger partial charge is 0.274 e. The van der Waals surface area contributed by atoms with Gasteiger partial charge in [0.15, 0.2) is 5.82 Å². The average molecular weight is 291 g/mol. The summed E-state index contributed by atoms with van der Waals surface area (Å²) < 4.78 is 27.5. The highest BCUT2D eigenvalue weighted by Crippen LogP contribution is 2.22. The number of nitrogens with one attached hydrogen (secondary N) is 2. The number of nitrogens with zero attached hydrogens (tertiary/aromatic N) is 1. The van der Waals surface area contributed by atoms with Gasteiger partial charge in [-0.25, -0.2) is 8.78 Å². The molecule has 0 saturated carbocycles. The van der Waals surface area contributed by atoms with Crippen molar-refractivity contribution in [2.45, 2.75) is 13.8 Å². The van der Waals surface area contributed by atoms with E-state index in [1.165, 1.54) is 25.3 Å². The van der Waals surface area contributed by atoms with Gasteiger partial charge in [0.1, 0.15) is 17.2 Å². The highest BCUT2D eigenvalue weighted by molar-refractivity contribution is 6.03. The molecule has 0 unspecified atom stereocenters. The predicted octanol–water partition coefficient (Wildman–Crippen LogP) is 3.35. The minimum Gasteiger partial charge on any atom is -0.385 e. The lowest BCUT2D eigenvalue weighted by Gasteiger charge is -2.10. The quantitative estimate of drug-likeness (QED) is 0.908. The lowest BCUT2D eigenvalue weighted by atomic mass is 10.2. The Morgan fingerprint density at radius 1 is 1.29 bits per heavy atom. The summed E-state index contributed by atoms with van der Waals surface area (Å²) in [7, 11) is 0. The summed E-state index contributed by atoms with van der Waals surface area (Å²) >= 11 is 0. The van der Waals surface area contributed by atoms with Crippen molar-refractivity contribution in [2.24, 2.45) is 0 Å². The minimum absolute atomic E-state index is 0.0776. The fourth-order valence-corrected chi connectivity index (χ4v) is 1.82. The van der Waals surface area contributed by atoms with Crippen LogP contribution in [0, 0.1) is 18.6 Å². The molecular formula is C15H15F2N3O. The molecule has 1 aromatic heterocycles. The van der Waals surface area contributed by atoms with E-state index in [2.05, 4.69) is 15.6 Å². The summed E-state index contributed by atoms with van der Waals surface area (Å²) in [6.07, 6.45) is 1.45. The number of hydrogen-bond donors (Lipinski definition) is 2. The molecule has 2 N–H and O–H groups in total. The van der Waals surface area contributed by atoms with Gasteiger partial charge < -0.3 is 10.6 Å². The Hall–Kier alpha value is -2.50. The molecule has 0 saturated heterocycles. The summed E-state index contributed by atoms with van der Waals surface area (Å²) in [5, 5.41) is 5.26. The zero-order chi connectivity index (χ0) is 15.4.